The summed E-state index contributed by atoms with van der Waals surface area (Å²) in [6, 6.07) is 10.9. The number of nitrogens with one attached hydrogen (secondary N) is 1. The predicted octanol–water partition coefficient (Wildman–Crippen LogP) is 4.89. The van der Waals surface area contributed by atoms with Gasteiger partial charge in [-0.1, -0.05) is 38.2 Å². The summed E-state index contributed by atoms with van der Waals surface area (Å²) in [6.45, 7) is 0.612. The number of hydrogen-bond acceptors (Lipinski definition) is 3. The monoisotopic (exact) mass is 286 g/mol. The van der Waals surface area contributed by atoms with Gasteiger partial charge in [-0.3, -0.25) is 0 Å². The van der Waals surface area contributed by atoms with Crippen LogP contribution in [0.5, 0.6) is 5.75 Å². The summed E-state index contributed by atoms with van der Waals surface area (Å²) in [4.78, 5) is 0. The van der Waals surface area contributed by atoms with Crippen molar-refractivity contribution in [2.24, 2.45) is 0 Å². The summed E-state index contributed by atoms with van der Waals surface area (Å²) in [5.41, 5.74) is 1.15. The maximum Gasteiger partial charge on any atom is 0.121 e. The van der Waals surface area contributed by atoms with E-state index < -0.39 is 0 Å². The number of ether oxygens (including phenoxy) is 1. The molecule has 0 atom stereocenters. The van der Waals surface area contributed by atoms with Crippen molar-refractivity contribution in [2.45, 2.75) is 63.8 Å². The Balaban J connectivity index is 1.83. The molecule has 3 heteroatoms. The van der Waals surface area contributed by atoms with E-state index in [1.807, 2.05) is 12.1 Å². The third-order valence-corrected chi connectivity index (χ3v) is 4.01. The van der Waals surface area contributed by atoms with E-state index in [0.29, 0.717) is 19.1 Å². The van der Waals surface area contributed by atoms with Crippen LogP contribution in [-0.4, -0.2) is 12.6 Å². The molecule has 0 unspecified atom stereocenters. The molecule has 1 aromatic rings. The lowest BCUT2D eigenvalue weighted by atomic mass is 9.96. The van der Waals surface area contributed by atoms with Crippen molar-refractivity contribution < 1.29 is 4.74 Å². The highest BCUT2D eigenvalue weighted by Gasteiger charge is 2.11. The van der Waals surface area contributed by atoms with E-state index in [9.17, 15) is 0 Å². The highest BCUT2D eigenvalue weighted by atomic mass is 16.5. The van der Waals surface area contributed by atoms with E-state index in [1.165, 1.54) is 44.9 Å². The minimum absolute atomic E-state index is 0.556. The second kappa shape index (κ2) is 9.28. The third kappa shape index (κ3) is 6.08. The normalized spacial score (nSPS) is 16.5. The van der Waals surface area contributed by atoms with E-state index in [0.717, 1.165) is 17.9 Å². The molecule has 0 aromatic heterocycles. The van der Waals surface area contributed by atoms with Gasteiger partial charge in [-0.15, -0.1) is 0 Å². The van der Waals surface area contributed by atoms with Crippen LogP contribution in [0.2, 0.25) is 0 Å². The van der Waals surface area contributed by atoms with Crippen LogP contribution in [0.4, 0.5) is 5.69 Å². The molecule has 1 saturated carbocycles. The van der Waals surface area contributed by atoms with Crippen molar-refractivity contribution in [3.05, 3.63) is 24.3 Å². The average molecular weight is 286 g/mol. The van der Waals surface area contributed by atoms with Crippen molar-refractivity contribution in [2.75, 3.05) is 11.9 Å². The smallest absolute Gasteiger partial charge is 0.121 e. The van der Waals surface area contributed by atoms with Crippen molar-refractivity contribution >= 4 is 5.69 Å². The zero-order valence-corrected chi connectivity index (χ0v) is 12.8. The second-order valence-electron chi connectivity index (χ2n) is 5.82. The van der Waals surface area contributed by atoms with Gasteiger partial charge >= 0.3 is 0 Å². The van der Waals surface area contributed by atoms with E-state index in [-0.39, 0.29) is 0 Å². The van der Waals surface area contributed by atoms with Crippen LogP contribution in [0.3, 0.4) is 0 Å². The van der Waals surface area contributed by atoms with Crippen LogP contribution in [-0.2, 0) is 0 Å². The van der Waals surface area contributed by atoms with E-state index in [1.54, 1.807) is 0 Å². The summed E-state index contributed by atoms with van der Waals surface area (Å²) in [5, 5.41) is 12.2. The Morgan fingerprint density at radius 2 is 1.90 bits per heavy atom. The molecule has 21 heavy (non-hydrogen) atoms. The molecule has 0 radical (unpaired) electrons. The summed E-state index contributed by atoms with van der Waals surface area (Å²) in [7, 11) is 0. The van der Waals surface area contributed by atoms with Gasteiger partial charge in [-0.05, 0) is 31.4 Å². The Morgan fingerprint density at radius 1 is 1.14 bits per heavy atom. The number of anilines is 1. The highest BCUT2D eigenvalue weighted by Crippen LogP contribution is 2.23. The standard InChI is InChI=1S/C18H26N2O/c19-13-6-7-14-21-18-12-8-11-17(15-18)20-16-9-4-2-1-3-5-10-16/h8,11-12,15-16,20H,1-7,9-10,14H2. The van der Waals surface area contributed by atoms with Crippen LogP contribution in [0.25, 0.3) is 0 Å². The lowest BCUT2D eigenvalue weighted by Gasteiger charge is -2.22. The minimum Gasteiger partial charge on any atom is -0.493 e. The fraction of sp³-hybridized carbons (Fsp3) is 0.611. The SMILES string of the molecule is N#CCCCOc1cccc(NC2CCCCCCC2)c1. The van der Waals surface area contributed by atoms with Gasteiger partial charge < -0.3 is 10.1 Å². The molecule has 0 aliphatic heterocycles. The van der Waals surface area contributed by atoms with Crippen molar-refractivity contribution in [1.82, 2.24) is 0 Å². The Bertz CT molecular complexity index is 445. The van der Waals surface area contributed by atoms with Gasteiger partial charge in [-0.2, -0.15) is 5.26 Å². The van der Waals surface area contributed by atoms with Gasteiger partial charge in [0.05, 0.1) is 12.7 Å². The maximum absolute atomic E-state index is 8.52. The number of unbranched alkanes of at least 4 members (excludes halogenated alkanes) is 1. The summed E-state index contributed by atoms with van der Waals surface area (Å²) in [6.07, 6.45) is 10.7. The van der Waals surface area contributed by atoms with Gasteiger partial charge in [0.1, 0.15) is 5.75 Å². The predicted molar refractivity (Wildman–Crippen MR) is 86.5 cm³/mol. The zero-order valence-electron chi connectivity index (χ0n) is 12.8. The summed E-state index contributed by atoms with van der Waals surface area (Å²) < 4.78 is 5.69. The first-order valence-corrected chi connectivity index (χ1v) is 8.25. The van der Waals surface area contributed by atoms with Crippen LogP contribution in [0.1, 0.15) is 57.8 Å². The lowest BCUT2D eigenvalue weighted by Crippen LogP contribution is -2.20. The number of rotatable bonds is 6. The molecule has 0 saturated heterocycles. The quantitative estimate of drug-likeness (QED) is 0.757. The minimum atomic E-state index is 0.556. The first kappa shape index (κ1) is 15.7. The van der Waals surface area contributed by atoms with Crippen molar-refractivity contribution in [1.29, 1.82) is 5.26 Å². The molecule has 1 fully saturated rings. The number of nitriles is 1. The summed E-state index contributed by atoms with van der Waals surface area (Å²) in [5.74, 6) is 0.892. The van der Waals surface area contributed by atoms with Gasteiger partial charge in [0, 0.05) is 24.2 Å². The van der Waals surface area contributed by atoms with Crippen LogP contribution < -0.4 is 10.1 Å². The summed E-state index contributed by atoms with van der Waals surface area (Å²) >= 11 is 0. The largest absolute Gasteiger partial charge is 0.493 e. The molecule has 1 aromatic carbocycles. The molecule has 0 amide bonds. The topological polar surface area (TPSA) is 45.0 Å². The molecular weight excluding hydrogens is 260 g/mol. The number of hydrogen-bond donors (Lipinski definition) is 1. The molecule has 3 nitrogen and oxygen atoms in total. The van der Waals surface area contributed by atoms with Crippen LogP contribution in [0.15, 0.2) is 24.3 Å². The Kier molecular flexibility index (Phi) is 6.94. The highest BCUT2D eigenvalue weighted by molar-refractivity contribution is 5.48. The fourth-order valence-corrected chi connectivity index (χ4v) is 2.85. The van der Waals surface area contributed by atoms with Crippen molar-refractivity contribution in [3.8, 4) is 11.8 Å². The molecule has 0 heterocycles. The molecule has 114 valence electrons. The fourth-order valence-electron chi connectivity index (χ4n) is 2.85. The lowest BCUT2D eigenvalue weighted by molar-refractivity contribution is 0.313. The molecule has 0 bridgehead atoms. The van der Waals surface area contributed by atoms with Gasteiger partial charge in [0.2, 0.25) is 0 Å². The molecule has 1 aliphatic rings. The number of nitrogens with zero attached hydrogens (tertiary/aromatic N) is 1. The Hall–Kier alpha value is -1.69. The van der Waals surface area contributed by atoms with Crippen LogP contribution >= 0.6 is 0 Å². The van der Waals surface area contributed by atoms with E-state index in [4.69, 9.17) is 10.00 Å². The van der Waals surface area contributed by atoms with Gasteiger partial charge in [0.25, 0.3) is 0 Å². The van der Waals surface area contributed by atoms with Gasteiger partial charge in [-0.25, -0.2) is 0 Å². The second-order valence-corrected chi connectivity index (χ2v) is 5.82. The Labute approximate surface area is 128 Å². The third-order valence-electron chi connectivity index (χ3n) is 4.01. The first-order valence-electron chi connectivity index (χ1n) is 8.25. The first-order chi connectivity index (χ1) is 10.4. The Morgan fingerprint density at radius 3 is 2.67 bits per heavy atom. The maximum atomic E-state index is 8.52. The molecule has 2 rings (SSSR count). The molecule has 0 spiro atoms. The number of benzene rings is 1. The molecule has 1 aliphatic carbocycles. The van der Waals surface area contributed by atoms with Crippen LogP contribution in [0, 0.1) is 11.3 Å². The van der Waals surface area contributed by atoms with Crippen molar-refractivity contribution in [3.63, 3.8) is 0 Å². The zero-order chi connectivity index (χ0) is 14.8. The van der Waals surface area contributed by atoms with E-state index >= 15 is 0 Å². The molecule has 1 N–H and O–H groups in total. The van der Waals surface area contributed by atoms with Gasteiger partial charge in [0.15, 0.2) is 0 Å². The van der Waals surface area contributed by atoms with E-state index in [2.05, 4.69) is 23.5 Å². The average Bonchev–Trinajstić information content (AvgIpc) is 2.47. The molecular formula is C18H26N2O.